The molecule has 0 amide bonds. The van der Waals surface area contributed by atoms with E-state index in [1.54, 1.807) is 7.11 Å². The number of rotatable bonds is 6. The molecule has 4 nitrogen and oxygen atoms in total. The smallest absolute Gasteiger partial charge is 0.158 e. The molecule has 0 N–H and O–H groups in total. The van der Waals surface area contributed by atoms with Crippen LogP contribution in [0, 0.1) is 0 Å². The Morgan fingerprint density at radius 3 is 2.64 bits per heavy atom. The van der Waals surface area contributed by atoms with Gasteiger partial charge in [-0.2, -0.15) is 0 Å². The average molecular weight is 203 g/mol. The highest BCUT2D eigenvalue weighted by Gasteiger charge is 2.14. The van der Waals surface area contributed by atoms with Crippen molar-refractivity contribution in [3.63, 3.8) is 0 Å². The predicted octanol–water partition coefficient (Wildman–Crippen LogP) is 0.718. The van der Waals surface area contributed by atoms with Gasteiger partial charge in [0.2, 0.25) is 0 Å². The largest absolute Gasteiger partial charge is 0.383 e. The van der Waals surface area contributed by atoms with Crippen molar-refractivity contribution >= 4 is 0 Å². The lowest BCUT2D eigenvalue weighted by molar-refractivity contribution is -0.182. The zero-order valence-corrected chi connectivity index (χ0v) is 9.20. The molecule has 0 saturated carbocycles. The standard InChI is InChI=1S/C10H21NO3/c1-11(6-9-12-2)5-4-10-13-7-3-8-14-10/h10H,3-9H2,1-2H3. The van der Waals surface area contributed by atoms with Crippen LogP contribution in [0.4, 0.5) is 0 Å². The molecule has 0 aliphatic carbocycles. The van der Waals surface area contributed by atoms with Crippen LogP contribution < -0.4 is 0 Å². The average Bonchev–Trinajstić information content (AvgIpc) is 2.25. The van der Waals surface area contributed by atoms with E-state index in [1.165, 1.54) is 0 Å². The van der Waals surface area contributed by atoms with Crippen molar-refractivity contribution in [2.24, 2.45) is 0 Å². The third-order valence-electron chi connectivity index (χ3n) is 2.32. The highest BCUT2D eigenvalue weighted by molar-refractivity contribution is 4.56. The number of methoxy groups -OCH3 is 1. The van der Waals surface area contributed by atoms with E-state index in [4.69, 9.17) is 14.2 Å². The van der Waals surface area contributed by atoms with Crippen molar-refractivity contribution in [3.05, 3.63) is 0 Å². The molecule has 1 fully saturated rings. The molecule has 0 spiro atoms. The molecule has 0 atom stereocenters. The molecule has 1 rings (SSSR count). The summed E-state index contributed by atoms with van der Waals surface area (Å²) >= 11 is 0. The molecule has 84 valence electrons. The molecular weight excluding hydrogens is 182 g/mol. The monoisotopic (exact) mass is 203 g/mol. The fraction of sp³-hybridized carbons (Fsp3) is 1.00. The molecule has 0 radical (unpaired) electrons. The molecule has 0 aromatic rings. The SMILES string of the molecule is COCCN(C)CCC1OCCCO1. The minimum atomic E-state index is 0.00810. The van der Waals surface area contributed by atoms with Crippen LogP contribution >= 0.6 is 0 Å². The zero-order valence-electron chi connectivity index (χ0n) is 9.20. The van der Waals surface area contributed by atoms with Gasteiger partial charge in [-0.15, -0.1) is 0 Å². The van der Waals surface area contributed by atoms with Crippen LogP contribution in [-0.2, 0) is 14.2 Å². The van der Waals surface area contributed by atoms with E-state index in [-0.39, 0.29) is 6.29 Å². The van der Waals surface area contributed by atoms with Gasteiger partial charge >= 0.3 is 0 Å². The topological polar surface area (TPSA) is 30.9 Å². The van der Waals surface area contributed by atoms with E-state index in [9.17, 15) is 0 Å². The Bertz CT molecular complexity index is 137. The minimum Gasteiger partial charge on any atom is -0.383 e. The molecule has 1 aliphatic heterocycles. The number of nitrogens with zero attached hydrogens (tertiary/aromatic N) is 1. The molecule has 1 heterocycles. The van der Waals surface area contributed by atoms with Gasteiger partial charge < -0.3 is 19.1 Å². The third-order valence-corrected chi connectivity index (χ3v) is 2.32. The van der Waals surface area contributed by atoms with Crippen molar-refractivity contribution in [2.75, 3.05) is 47.1 Å². The Morgan fingerprint density at radius 2 is 2.00 bits per heavy atom. The molecule has 4 heteroatoms. The Balaban J connectivity index is 2.00. The Morgan fingerprint density at radius 1 is 1.29 bits per heavy atom. The fourth-order valence-electron chi connectivity index (χ4n) is 1.39. The first-order valence-corrected chi connectivity index (χ1v) is 5.23. The van der Waals surface area contributed by atoms with Crippen LogP contribution in [0.2, 0.25) is 0 Å². The molecule has 0 aromatic carbocycles. The van der Waals surface area contributed by atoms with Crippen LogP contribution in [0.25, 0.3) is 0 Å². The second-order valence-corrected chi connectivity index (χ2v) is 3.61. The van der Waals surface area contributed by atoms with Crippen molar-refractivity contribution in [1.29, 1.82) is 0 Å². The van der Waals surface area contributed by atoms with Crippen molar-refractivity contribution in [1.82, 2.24) is 4.90 Å². The molecule has 1 saturated heterocycles. The highest BCUT2D eigenvalue weighted by Crippen LogP contribution is 2.08. The first kappa shape index (κ1) is 11.9. The Kier molecular flexibility index (Phi) is 6.10. The van der Waals surface area contributed by atoms with E-state index in [0.717, 1.165) is 45.8 Å². The molecule has 0 aromatic heterocycles. The van der Waals surface area contributed by atoms with Gasteiger partial charge in [0.1, 0.15) is 0 Å². The van der Waals surface area contributed by atoms with E-state index in [0.29, 0.717) is 0 Å². The third kappa shape index (κ3) is 4.91. The van der Waals surface area contributed by atoms with Gasteiger partial charge in [-0.05, 0) is 13.5 Å². The van der Waals surface area contributed by atoms with Gasteiger partial charge in [0.25, 0.3) is 0 Å². The second kappa shape index (κ2) is 7.17. The van der Waals surface area contributed by atoms with Crippen LogP contribution in [0.15, 0.2) is 0 Å². The summed E-state index contributed by atoms with van der Waals surface area (Å²) in [5.74, 6) is 0. The fourth-order valence-corrected chi connectivity index (χ4v) is 1.39. The predicted molar refractivity (Wildman–Crippen MR) is 54.3 cm³/mol. The van der Waals surface area contributed by atoms with Gasteiger partial charge in [0.15, 0.2) is 6.29 Å². The maximum Gasteiger partial charge on any atom is 0.158 e. The van der Waals surface area contributed by atoms with Gasteiger partial charge in [-0.1, -0.05) is 0 Å². The van der Waals surface area contributed by atoms with Crippen LogP contribution in [0.1, 0.15) is 12.8 Å². The lowest BCUT2D eigenvalue weighted by atomic mass is 10.3. The summed E-state index contributed by atoms with van der Waals surface area (Å²) in [5, 5.41) is 0. The maximum atomic E-state index is 5.45. The lowest BCUT2D eigenvalue weighted by Crippen LogP contribution is -2.31. The summed E-state index contributed by atoms with van der Waals surface area (Å²) in [4.78, 5) is 2.23. The maximum absolute atomic E-state index is 5.45. The molecule has 14 heavy (non-hydrogen) atoms. The number of likely N-dealkylation sites (N-methyl/N-ethyl adjacent to an activating group) is 1. The van der Waals surface area contributed by atoms with Crippen molar-refractivity contribution in [3.8, 4) is 0 Å². The molecule has 1 aliphatic rings. The summed E-state index contributed by atoms with van der Waals surface area (Å²) < 4.78 is 15.9. The number of hydrogen-bond donors (Lipinski definition) is 0. The van der Waals surface area contributed by atoms with Gasteiger partial charge in [0.05, 0.1) is 19.8 Å². The Labute approximate surface area is 86.1 Å². The van der Waals surface area contributed by atoms with Crippen molar-refractivity contribution in [2.45, 2.75) is 19.1 Å². The minimum absolute atomic E-state index is 0.00810. The van der Waals surface area contributed by atoms with E-state index in [1.807, 2.05) is 0 Å². The summed E-state index contributed by atoms with van der Waals surface area (Å²) in [7, 11) is 3.81. The van der Waals surface area contributed by atoms with Crippen LogP contribution in [-0.4, -0.2) is 58.3 Å². The van der Waals surface area contributed by atoms with E-state index in [2.05, 4.69) is 11.9 Å². The molecular formula is C10H21NO3. The van der Waals surface area contributed by atoms with E-state index >= 15 is 0 Å². The quantitative estimate of drug-likeness (QED) is 0.636. The lowest BCUT2D eigenvalue weighted by Gasteiger charge is -2.25. The van der Waals surface area contributed by atoms with Crippen LogP contribution in [0.5, 0.6) is 0 Å². The zero-order chi connectivity index (χ0) is 10.2. The van der Waals surface area contributed by atoms with Crippen LogP contribution in [0.3, 0.4) is 0 Å². The number of ether oxygens (including phenoxy) is 3. The first-order valence-electron chi connectivity index (χ1n) is 5.23. The molecule has 0 unspecified atom stereocenters. The van der Waals surface area contributed by atoms with Gasteiger partial charge in [-0.25, -0.2) is 0 Å². The normalized spacial score (nSPS) is 19.1. The van der Waals surface area contributed by atoms with Crippen molar-refractivity contribution < 1.29 is 14.2 Å². The summed E-state index contributed by atoms with van der Waals surface area (Å²) in [5.41, 5.74) is 0. The first-order chi connectivity index (χ1) is 6.83. The number of hydrogen-bond acceptors (Lipinski definition) is 4. The Hall–Kier alpha value is -0.160. The summed E-state index contributed by atoms with van der Waals surface area (Å²) in [6, 6.07) is 0. The summed E-state index contributed by atoms with van der Waals surface area (Å²) in [6.07, 6.45) is 1.98. The van der Waals surface area contributed by atoms with Gasteiger partial charge in [0, 0.05) is 26.6 Å². The molecule has 0 bridgehead atoms. The summed E-state index contributed by atoms with van der Waals surface area (Å²) in [6.45, 7) is 4.42. The van der Waals surface area contributed by atoms with E-state index < -0.39 is 0 Å². The highest BCUT2D eigenvalue weighted by atomic mass is 16.7. The van der Waals surface area contributed by atoms with Gasteiger partial charge in [-0.3, -0.25) is 0 Å². The second-order valence-electron chi connectivity index (χ2n) is 3.61.